The number of nitrogens with one attached hydrogen (secondary N) is 1. The number of likely N-dealkylation sites (tertiary alicyclic amines) is 1. The predicted molar refractivity (Wildman–Crippen MR) is 76.3 cm³/mol. The first-order valence-corrected chi connectivity index (χ1v) is 6.62. The SMILES string of the molecule is COc1cc(NC(=O)N2CCCC2)c(C(=O)O)cc1OC. The van der Waals surface area contributed by atoms with Crippen LogP contribution in [0.3, 0.4) is 0 Å². The van der Waals surface area contributed by atoms with Crippen molar-refractivity contribution in [3.8, 4) is 11.5 Å². The number of benzene rings is 1. The number of methoxy groups -OCH3 is 2. The fourth-order valence-electron chi connectivity index (χ4n) is 2.27. The fourth-order valence-corrected chi connectivity index (χ4v) is 2.27. The van der Waals surface area contributed by atoms with Gasteiger partial charge in [-0.25, -0.2) is 9.59 Å². The van der Waals surface area contributed by atoms with Gasteiger partial charge in [0.1, 0.15) is 0 Å². The van der Waals surface area contributed by atoms with Crippen molar-refractivity contribution in [2.75, 3.05) is 32.6 Å². The minimum absolute atomic E-state index is 0.0415. The van der Waals surface area contributed by atoms with Crippen molar-refractivity contribution in [3.63, 3.8) is 0 Å². The maximum Gasteiger partial charge on any atom is 0.337 e. The van der Waals surface area contributed by atoms with Gasteiger partial charge in [0.05, 0.1) is 25.5 Å². The van der Waals surface area contributed by atoms with Gasteiger partial charge >= 0.3 is 12.0 Å². The summed E-state index contributed by atoms with van der Waals surface area (Å²) in [5.41, 5.74) is 0.150. The highest BCUT2D eigenvalue weighted by Gasteiger charge is 2.22. The monoisotopic (exact) mass is 294 g/mol. The van der Waals surface area contributed by atoms with E-state index in [4.69, 9.17) is 9.47 Å². The summed E-state index contributed by atoms with van der Waals surface area (Å²) in [5, 5.41) is 11.9. The van der Waals surface area contributed by atoms with Crippen molar-refractivity contribution in [1.82, 2.24) is 4.90 Å². The van der Waals surface area contributed by atoms with Gasteiger partial charge in [0.25, 0.3) is 0 Å². The third-order valence-corrected chi connectivity index (χ3v) is 3.39. The van der Waals surface area contributed by atoms with Gasteiger partial charge in [-0.2, -0.15) is 0 Å². The Bertz CT molecular complexity index is 553. The van der Waals surface area contributed by atoms with Crippen LogP contribution in [0.1, 0.15) is 23.2 Å². The molecule has 1 heterocycles. The predicted octanol–water partition coefficient (Wildman–Crippen LogP) is 2.03. The van der Waals surface area contributed by atoms with E-state index in [0.717, 1.165) is 12.8 Å². The number of amides is 2. The number of hydrogen-bond donors (Lipinski definition) is 2. The highest BCUT2D eigenvalue weighted by atomic mass is 16.5. The smallest absolute Gasteiger partial charge is 0.337 e. The van der Waals surface area contributed by atoms with E-state index in [2.05, 4.69) is 5.32 Å². The van der Waals surface area contributed by atoms with Crippen LogP contribution >= 0.6 is 0 Å². The van der Waals surface area contributed by atoms with Crippen LogP contribution in [0.25, 0.3) is 0 Å². The second-order valence-corrected chi connectivity index (χ2v) is 4.68. The molecular formula is C14H18N2O5. The Balaban J connectivity index is 2.31. The van der Waals surface area contributed by atoms with E-state index < -0.39 is 5.97 Å². The van der Waals surface area contributed by atoms with E-state index in [1.807, 2.05) is 0 Å². The molecule has 1 aromatic rings. The van der Waals surface area contributed by atoms with Gasteiger partial charge < -0.3 is 24.8 Å². The highest BCUT2D eigenvalue weighted by Crippen LogP contribution is 2.33. The Morgan fingerprint density at radius 2 is 1.71 bits per heavy atom. The van der Waals surface area contributed by atoms with Crippen molar-refractivity contribution in [3.05, 3.63) is 17.7 Å². The molecule has 0 spiro atoms. The zero-order valence-electron chi connectivity index (χ0n) is 12.0. The number of carbonyl (C=O) groups excluding carboxylic acids is 1. The molecule has 1 aliphatic rings. The lowest BCUT2D eigenvalue weighted by Crippen LogP contribution is -2.32. The van der Waals surface area contributed by atoms with Crippen molar-refractivity contribution >= 4 is 17.7 Å². The third kappa shape index (κ3) is 3.18. The number of anilines is 1. The molecule has 0 aromatic heterocycles. The van der Waals surface area contributed by atoms with Crippen LogP contribution in [0, 0.1) is 0 Å². The van der Waals surface area contributed by atoms with E-state index in [-0.39, 0.29) is 17.3 Å². The molecule has 21 heavy (non-hydrogen) atoms. The van der Waals surface area contributed by atoms with Crippen LogP contribution in [0.5, 0.6) is 11.5 Å². The third-order valence-electron chi connectivity index (χ3n) is 3.39. The number of carboxylic acid groups (broad SMARTS) is 1. The molecule has 2 rings (SSSR count). The van der Waals surface area contributed by atoms with Gasteiger partial charge in [0.2, 0.25) is 0 Å². The molecule has 0 aliphatic carbocycles. The first-order valence-electron chi connectivity index (χ1n) is 6.62. The zero-order chi connectivity index (χ0) is 15.4. The summed E-state index contributed by atoms with van der Waals surface area (Å²) in [6, 6.07) is 2.49. The van der Waals surface area contributed by atoms with Crippen LogP contribution in [-0.4, -0.2) is 49.3 Å². The van der Waals surface area contributed by atoms with Gasteiger partial charge in [-0.05, 0) is 12.8 Å². The van der Waals surface area contributed by atoms with Gasteiger partial charge in [-0.3, -0.25) is 0 Å². The number of nitrogens with zero attached hydrogens (tertiary/aromatic N) is 1. The van der Waals surface area contributed by atoms with Crippen LogP contribution in [0.15, 0.2) is 12.1 Å². The van der Waals surface area contributed by atoms with Gasteiger partial charge in [0.15, 0.2) is 11.5 Å². The number of rotatable bonds is 4. The van der Waals surface area contributed by atoms with Crippen molar-refractivity contribution in [1.29, 1.82) is 0 Å². The summed E-state index contributed by atoms with van der Waals surface area (Å²) in [7, 11) is 2.87. The van der Waals surface area contributed by atoms with Crippen LogP contribution < -0.4 is 14.8 Å². The standard InChI is InChI=1S/C14H18N2O5/c1-20-11-7-9(13(17)18)10(8-12(11)21-2)15-14(19)16-5-3-4-6-16/h7-8H,3-6H2,1-2H3,(H,15,19)(H,17,18). The number of ether oxygens (including phenoxy) is 2. The average molecular weight is 294 g/mol. The molecule has 2 amide bonds. The molecule has 0 unspecified atom stereocenters. The molecule has 1 aliphatic heterocycles. The van der Waals surface area contributed by atoms with E-state index in [9.17, 15) is 14.7 Å². The molecule has 1 aromatic carbocycles. The van der Waals surface area contributed by atoms with E-state index in [1.54, 1.807) is 4.90 Å². The van der Waals surface area contributed by atoms with Gasteiger partial charge in [0, 0.05) is 25.2 Å². The second kappa shape index (κ2) is 6.34. The first-order chi connectivity index (χ1) is 10.1. The molecule has 0 atom stereocenters. The number of urea groups is 1. The fraction of sp³-hybridized carbons (Fsp3) is 0.429. The van der Waals surface area contributed by atoms with E-state index >= 15 is 0 Å². The first kappa shape index (κ1) is 15.0. The largest absolute Gasteiger partial charge is 0.493 e. The molecule has 0 saturated carbocycles. The number of hydrogen-bond acceptors (Lipinski definition) is 4. The van der Waals surface area contributed by atoms with Gasteiger partial charge in [-0.1, -0.05) is 0 Å². The average Bonchev–Trinajstić information content (AvgIpc) is 3.00. The summed E-state index contributed by atoms with van der Waals surface area (Å²) >= 11 is 0. The van der Waals surface area contributed by atoms with Crippen molar-refractivity contribution in [2.45, 2.75) is 12.8 Å². The number of carboxylic acids is 1. The summed E-state index contributed by atoms with van der Waals surface area (Å²) in [4.78, 5) is 25.1. The Morgan fingerprint density at radius 3 is 2.24 bits per heavy atom. The topological polar surface area (TPSA) is 88.1 Å². The Hall–Kier alpha value is -2.44. The van der Waals surface area contributed by atoms with Crippen molar-refractivity contribution < 1.29 is 24.2 Å². The molecule has 7 nitrogen and oxygen atoms in total. The lowest BCUT2D eigenvalue weighted by molar-refractivity contribution is 0.0697. The molecule has 114 valence electrons. The summed E-state index contributed by atoms with van der Waals surface area (Å²) < 4.78 is 10.2. The molecular weight excluding hydrogens is 276 g/mol. The number of carbonyl (C=O) groups is 2. The Morgan fingerprint density at radius 1 is 1.14 bits per heavy atom. The quantitative estimate of drug-likeness (QED) is 0.887. The minimum Gasteiger partial charge on any atom is -0.493 e. The van der Waals surface area contributed by atoms with Crippen LogP contribution in [0.4, 0.5) is 10.5 Å². The van der Waals surface area contributed by atoms with Crippen molar-refractivity contribution in [2.24, 2.45) is 0 Å². The highest BCUT2D eigenvalue weighted by molar-refractivity contribution is 6.01. The summed E-state index contributed by atoms with van der Waals surface area (Å²) in [6.07, 6.45) is 1.93. The molecule has 1 fully saturated rings. The lowest BCUT2D eigenvalue weighted by atomic mass is 10.1. The molecule has 0 bridgehead atoms. The zero-order valence-corrected chi connectivity index (χ0v) is 12.0. The lowest BCUT2D eigenvalue weighted by Gasteiger charge is -2.18. The summed E-state index contributed by atoms with van der Waals surface area (Å²) in [5.74, 6) is -0.485. The van der Waals surface area contributed by atoms with Crippen LogP contribution in [-0.2, 0) is 0 Å². The minimum atomic E-state index is -1.15. The number of aromatic carboxylic acids is 1. The molecule has 1 saturated heterocycles. The normalized spacial score (nSPS) is 13.9. The maximum absolute atomic E-state index is 12.1. The maximum atomic E-state index is 12.1. The molecule has 0 radical (unpaired) electrons. The second-order valence-electron chi connectivity index (χ2n) is 4.68. The Labute approximate surface area is 122 Å². The van der Waals surface area contributed by atoms with Crippen LogP contribution in [0.2, 0.25) is 0 Å². The Kier molecular flexibility index (Phi) is 4.52. The molecule has 2 N–H and O–H groups in total. The summed E-state index contributed by atoms with van der Waals surface area (Å²) in [6.45, 7) is 1.36. The van der Waals surface area contributed by atoms with Gasteiger partial charge in [-0.15, -0.1) is 0 Å². The van der Waals surface area contributed by atoms with E-state index in [1.165, 1.54) is 26.4 Å². The molecule has 7 heteroatoms. The van der Waals surface area contributed by atoms with E-state index in [0.29, 0.717) is 24.6 Å².